The maximum atomic E-state index is 4.82. The number of hydrogen-bond donors (Lipinski definition) is 1. The first kappa shape index (κ1) is 14.7. The molecule has 0 aliphatic carbocycles. The SMILES string of the molecule is Cc1ccc(CC(C)NC2=NC(c3ccccc3)CS2)s1. The summed E-state index contributed by atoms with van der Waals surface area (Å²) in [5.41, 5.74) is 1.31. The van der Waals surface area contributed by atoms with Crippen LogP contribution in [0.15, 0.2) is 47.5 Å². The topological polar surface area (TPSA) is 24.4 Å². The summed E-state index contributed by atoms with van der Waals surface area (Å²) < 4.78 is 0. The number of rotatable bonds is 4. The summed E-state index contributed by atoms with van der Waals surface area (Å²) in [6.45, 7) is 4.39. The van der Waals surface area contributed by atoms with E-state index < -0.39 is 0 Å². The smallest absolute Gasteiger partial charge is 0.157 e. The average Bonchev–Trinajstić information content (AvgIpc) is 3.09. The van der Waals surface area contributed by atoms with Gasteiger partial charge in [0.05, 0.1) is 6.04 Å². The van der Waals surface area contributed by atoms with Crippen LogP contribution < -0.4 is 5.32 Å². The van der Waals surface area contributed by atoms with Crippen molar-refractivity contribution in [2.75, 3.05) is 5.75 Å². The van der Waals surface area contributed by atoms with Crippen LogP contribution in [0.4, 0.5) is 0 Å². The van der Waals surface area contributed by atoms with Crippen LogP contribution in [-0.2, 0) is 6.42 Å². The highest BCUT2D eigenvalue weighted by Crippen LogP contribution is 2.29. The van der Waals surface area contributed by atoms with Gasteiger partial charge in [-0.05, 0) is 31.5 Å². The van der Waals surface area contributed by atoms with Gasteiger partial charge in [-0.25, -0.2) is 0 Å². The molecule has 2 atom stereocenters. The summed E-state index contributed by atoms with van der Waals surface area (Å²) in [7, 11) is 0. The Labute approximate surface area is 134 Å². The van der Waals surface area contributed by atoms with Crippen LogP contribution in [0.5, 0.6) is 0 Å². The van der Waals surface area contributed by atoms with Gasteiger partial charge in [0.1, 0.15) is 0 Å². The predicted molar refractivity (Wildman–Crippen MR) is 94.4 cm³/mol. The van der Waals surface area contributed by atoms with Gasteiger partial charge in [0.25, 0.3) is 0 Å². The van der Waals surface area contributed by atoms with E-state index in [4.69, 9.17) is 4.99 Å². The normalized spacial score (nSPS) is 19.3. The Balaban J connectivity index is 1.58. The lowest BCUT2D eigenvalue weighted by molar-refractivity contribution is 0.668. The summed E-state index contributed by atoms with van der Waals surface area (Å²) in [6, 6.07) is 15.7. The molecule has 1 aromatic carbocycles. The molecule has 0 radical (unpaired) electrons. The molecule has 3 rings (SSSR count). The van der Waals surface area contributed by atoms with Crippen LogP contribution >= 0.6 is 23.1 Å². The van der Waals surface area contributed by atoms with Crippen LogP contribution in [-0.4, -0.2) is 17.0 Å². The quantitative estimate of drug-likeness (QED) is 0.903. The van der Waals surface area contributed by atoms with Crippen LogP contribution in [0.2, 0.25) is 0 Å². The number of amidine groups is 1. The van der Waals surface area contributed by atoms with Gasteiger partial charge in [-0.1, -0.05) is 42.1 Å². The van der Waals surface area contributed by atoms with E-state index in [1.165, 1.54) is 15.3 Å². The monoisotopic (exact) mass is 316 g/mol. The molecule has 0 amide bonds. The maximum Gasteiger partial charge on any atom is 0.157 e. The molecule has 1 aromatic heterocycles. The number of hydrogen-bond acceptors (Lipinski definition) is 4. The Bertz CT molecular complexity index is 619. The summed E-state index contributed by atoms with van der Waals surface area (Å²) in [5.74, 6) is 1.04. The van der Waals surface area contributed by atoms with Gasteiger partial charge < -0.3 is 5.32 Å². The molecule has 2 unspecified atom stereocenters. The summed E-state index contributed by atoms with van der Waals surface area (Å²) in [4.78, 5) is 7.64. The summed E-state index contributed by atoms with van der Waals surface area (Å²) in [5, 5.41) is 4.64. The van der Waals surface area contributed by atoms with E-state index in [1.807, 2.05) is 23.1 Å². The molecule has 0 saturated carbocycles. The van der Waals surface area contributed by atoms with Crippen LogP contribution in [0.1, 0.15) is 28.3 Å². The number of aliphatic imine (C=N–C) groups is 1. The Morgan fingerprint density at radius 2 is 2.05 bits per heavy atom. The van der Waals surface area contributed by atoms with Gasteiger partial charge in [0.2, 0.25) is 0 Å². The molecule has 0 bridgehead atoms. The maximum absolute atomic E-state index is 4.82. The molecule has 2 nitrogen and oxygen atoms in total. The van der Waals surface area contributed by atoms with E-state index in [0.29, 0.717) is 12.1 Å². The molecule has 1 aliphatic heterocycles. The Morgan fingerprint density at radius 1 is 1.24 bits per heavy atom. The number of nitrogens with one attached hydrogen (secondary N) is 1. The second-order valence-corrected chi connectivity index (χ2v) is 7.81. The third-order valence-corrected chi connectivity index (χ3v) is 5.51. The third kappa shape index (κ3) is 3.89. The lowest BCUT2D eigenvalue weighted by Crippen LogP contribution is -2.31. The Hall–Kier alpha value is -1.26. The summed E-state index contributed by atoms with van der Waals surface area (Å²) in [6.07, 6.45) is 1.06. The van der Waals surface area contributed by atoms with E-state index >= 15 is 0 Å². The van der Waals surface area contributed by atoms with E-state index in [-0.39, 0.29) is 0 Å². The molecular formula is C17H20N2S2. The van der Waals surface area contributed by atoms with Gasteiger partial charge >= 0.3 is 0 Å². The third-order valence-electron chi connectivity index (χ3n) is 3.51. The van der Waals surface area contributed by atoms with Crippen LogP contribution in [0.3, 0.4) is 0 Å². The fourth-order valence-electron chi connectivity index (χ4n) is 2.46. The van der Waals surface area contributed by atoms with Gasteiger partial charge in [-0.15, -0.1) is 11.3 Å². The molecule has 1 aliphatic rings. The molecule has 21 heavy (non-hydrogen) atoms. The molecule has 1 N–H and O–H groups in total. The minimum absolute atomic E-state index is 0.301. The van der Waals surface area contributed by atoms with Crippen molar-refractivity contribution in [1.82, 2.24) is 5.32 Å². The van der Waals surface area contributed by atoms with Crippen molar-refractivity contribution in [2.45, 2.75) is 32.4 Å². The average molecular weight is 316 g/mol. The fraction of sp³-hybridized carbons (Fsp3) is 0.353. The molecule has 2 aromatic rings. The first-order valence-electron chi connectivity index (χ1n) is 7.28. The zero-order valence-electron chi connectivity index (χ0n) is 12.4. The molecule has 4 heteroatoms. The van der Waals surface area contributed by atoms with Gasteiger partial charge in [-0.3, -0.25) is 4.99 Å². The molecule has 0 spiro atoms. The Morgan fingerprint density at radius 3 is 2.76 bits per heavy atom. The minimum atomic E-state index is 0.301. The molecule has 0 fully saturated rings. The largest absolute Gasteiger partial charge is 0.362 e. The highest BCUT2D eigenvalue weighted by atomic mass is 32.2. The van der Waals surface area contributed by atoms with E-state index in [9.17, 15) is 0 Å². The van der Waals surface area contributed by atoms with Gasteiger partial charge in [-0.2, -0.15) is 0 Å². The second-order valence-electron chi connectivity index (χ2n) is 5.43. The molecular weight excluding hydrogens is 296 g/mol. The van der Waals surface area contributed by atoms with Crippen molar-refractivity contribution in [3.8, 4) is 0 Å². The zero-order chi connectivity index (χ0) is 14.7. The number of nitrogens with zero attached hydrogens (tertiary/aromatic N) is 1. The highest BCUT2D eigenvalue weighted by Gasteiger charge is 2.20. The predicted octanol–water partition coefficient (Wildman–Crippen LogP) is 4.42. The standard InChI is InChI=1S/C17H20N2S2/c1-12(10-15-9-8-13(2)21-15)18-17-19-16(11-20-17)14-6-4-3-5-7-14/h3-9,12,16H,10-11H2,1-2H3,(H,18,19). The molecule has 2 heterocycles. The number of thioether (sulfide) groups is 1. The second kappa shape index (κ2) is 6.67. The summed E-state index contributed by atoms with van der Waals surface area (Å²) >= 11 is 3.72. The fourth-order valence-corrected chi connectivity index (χ4v) is 4.55. The van der Waals surface area contributed by atoms with Gasteiger partial charge in [0.15, 0.2) is 5.17 Å². The van der Waals surface area contributed by atoms with E-state index in [0.717, 1.165) is 17.3 Å². The van der Waals surface area contributed by atoms with Crippen molar-refractivity contribution < 1.29 is 0 Å². The van der Waals surface area contributed by atoms with Crippen molar-refractivity contribution in [3.63, 3.8) is 0 Å². The first-order valence-corrected chi connectivity index (χ1v) is 9.08. The Kier molecular flexibility index (Phi) is 4.66. The lowest BCUT2D eigenvalue weighted by Gasteiger charge is -2.13. The van der Waals surface area contributed by atoms with Gasteiger partial charge in [0, 0.05) is 28.0 Å². The van der Waals surface area contributed by atoms with Crippen molar-refractivity contribution in [2.24, 2.45) is 4.99 Å². The number of aryl methyl sites for hydroxylation is 1. The highest BCUT2D eigenvalue weighted by molar-refractivity contribution is 8.14. The zero-order valence-corrected chi connectivity index (χ0v) is 14.0. The van der Waals surface area contributed by atoms with E-state index in [2.05, 4.69) is 61.6 Å². The molecule has 110 valence electrons. The lowest BCUT2D eigenvalue weighted by atomic mass is 10.1. The first-order chi connectivity index (χ1) is 10.2. The van der Waals surface area contributed by atoms with Crippen LogP contribution in [0.25, 0.3) is 0 Å². The number of thiophene rings is 1. The number of benzene rings is 1. The minimum Gasteiger partial charge on any atom is -0.362 e. The van der Waals surface area contributed by atoms with Crippen molar-refractivity contribution in [3.05, 3.63) is 57.8 Å². The van der Waals surface area contributed by atoms with Crippen molar-refractivity contribution >= 4 is 28.3 Å². The molecule has 0 saturated heterocycles. The van der Waals surface area contributed by atoms with Crippen LogP contribution in [0, 0.1) is 6.92 Å². The van der Waals surface area contributed by atoms with Crippen molar-refractivity contribution in [1.29, 1.82) is 0 Å². The van der Waals surface area contributed by atoms with E-state index in [1.54, 1.807) is 0 Å².